The minimum absolute atomic E-state index is 0.397. The Bertz CT molecular complexity index is 713. The molecule has 0 aliphatic heterocycles. The Hall–Kier alpha value is -1.80. The van der Waals surface area contributed by atoms with Gasteiger partial charge < -0.3 is 10.2 Å². The highest BCUT2D eigenvalue weighted by molar-refractivity contribution is 7.09. The fourth-order valence-electron chi connectivity index (χ4n) is 2.16. The van der Waals surface area contributed by atoms with Gasteiger partial charge in [-0.2, -0.15) is 13.2 Å². The topological polar surface area (TPSA) is 40.5 Å². The second kappa shape index (κ2) is 8.53. The Morgan fingerprint density at radius 2 is 2.00 bits per heavy atom. The van der Waals surface area contributed by atoms with E-state index >= 15 is 0 Å². The van der Waals surface area contributed by atoms with Gasteiger partial charge in [-0.15, -0.1) is 11.3 Å². The Morgan fingerprint density at radius 3 is 2.56 bits per heavy atom. The van der Waals surface area contributed by atoms with Crippen LogP contribution in [-0.2, 0) is 19.1 Å². The molecule has 2 aromatic rings. The first kappa shape index (κ1) is 19.5. The third-order valence-corrected chi connectivity index (χ3v) is 4.53. The van der Waals surface area contributed by atoms with Crippen LogP contribution >= 0.6 is 22.9 Å². The van der Waals surface area contributed by atoms with Gasteiger partial charge in [0.15, 0.2) is 11.7 Å². The van der Waals surface area contributed by atoms with Crippen LogP contribution in [0.1, 0.15) is 16.3 Å². The SMILES string of the molecule is CN=C(NCCc1nc(C(F)(F)F)cs1)N(C)Cc1ccc(Cl)cc1. The zero-order valence-electron chi connectivity index (χ0n) is 13.8. The maximum absolute atomic E-state index is 12.5. The molecule has 0 amide bonds. The molecule has 1 aromatic heterocycles. The van der Waals surface area contributed by atoms with Gasteiger partial charge in [0.2, 0.25) is 0 Å². The number of nitrogens with one attached hydrogen (secondary N) is 1. The molecule has 0 aliphatic rings. The molecule has 0 saturated heterocycles. The monoisotopic (exact) mass is 390 g/mol. The van der Waals surface area contributed by atoms with E-state index in [9.17, 15) is 13.2 Å². The van der Waals surface area contributed by atoms with Gasteiger partial charge in [-0.25, -0.2) is 4.98 Å². The molecule has 1 N–H and O–H groups in total. The zero-order chi connectivity index (χ0) is 18.4. The molecule has 2 rings (SSSR count). The van der Waals surface area contributed by atoms with Crippen molar-refractivity contribution in [1.29, 1.82) is 0 Å². The number of alkyl halides is 3. The molecule has 136 valence electrons. The van der Waals surface area contributed by atoms with E-state index in [-0.39, 0.29) is 0 Å². The second-order valence-electron chi connectivity index (χ2n) is 5.33. The van der Waals surface area contributed by atoms with E-state index in [0.717, 1.165) is 22.3 Å². The Balaban J connectivity index is 1.85. The molecule has 25 heavy (non-hydrogen) atoms. The van der Waals surface area contributed by atoms with E-state index in [1.165, 1.54) is 0 Å². The van der Waals surface area contributed by atoms with Gasteiger partial charge in [-0.1, -0.05) is 23.7 Å². The van der Waals surface area contributed by atoms with Crippen LogP contribution in [0.4, 0.5) is 13.2 Å². The first-order chi connectivity index (χ1) is 11.8. The van der Waals surface area contributed by atoms with Crippen LogP contribution in [0.5, 0.6) is 0 Å². The van der Waals surface area contributed by atoms with Gasteiger partial charge in [0, 0.05) is 44.0 Å². The molecule has 1 heterocycles. The van der Waals surface area contributed by atoms with Crippen molar-refractivity contribution in [2.75, 3.05) is 20.6 Å². The molecule has 9 heteroatoms. The normalized spacial score (nSPS) is 12.3. The van der Waals surface area contributed by atoms with Crippen LogP contribution < -0.4 is 5.32 Å². The number of benzene rings is 1. The molecule has 0 radical (unpaired) electrons. The van der Waals surface area contributed by atoms with E-state index in [2.05, 4.69) is 15.3 Å². The minimum atomic E-state index is -4.39. The molecular weight excluding hydrogens is 373 g/mol. The Labute approximate surface area is 153 Å². The summed E-state index contributed by atoms with van der Waals surface area (Å²) in [6, 6.07) is 7.50. The highest BCUT2D eigenvalue weighted by Gasteiger charge is 2.33. The number of rotatable bonds is 5. The van der Waals surface area contributed by atoms with Crippen molar-refractivity contribution in [2.45, 2.75) is 19.1 Å². The number of guanidine groups is 1. The van der Waals surface area contributed by atoms with Crippen LogP contribution in [0.3, 0.4) is 0 Å². The van der Waals surface area contributed by atoms with Crippen LogP contribution in [-0.4, -0.2) is 36.5 Å². The molecule has 0 atom stereocenters. The highest BCUT2D eigenvalue weighted by atomic mass is 35.5. The summed E-state index contributed by atoms with van der Waals surface area (Å²) in [5.41, 5.74) is 0.237. The summed E-state index contributed by atoms with van der Waals surface area (Å²) >= 11 is 6.88. The summed E-state index contributed by atoms with van der Waals surface area (Å²) in [5, 5.41) is 5.29. The van der Waals surface area contributed by atoms with Crippen molar-refractivity contribution in [1.82, 2.24) is 15.2 Å². The number of aliphatic imine (C=N–C) groups is 1. The summed E-state index contributed by atoms with van der Waals surface area (Å²) < 4.78 is 37.6. The smallest absolute Gasteiger partial charge is 0.356 e. The summed E-state index contributed by atoms with van der Waals surface area (Å²) in [4.78, 5) is 9.72. The van der Waals surface area contributed by atoms with Gasteiger partial charge in [-0.3, -0.25) is 4.99 Å². The van der Waals surface area contributed by atoms with Crippen molar-refractivity contribution in [3.05, 3.63) is 50.9 Å². The van der Waals surface area contributed by atoms with Crippen LogP contribution in [0.25, 0.3) is 0 Å². The second-order valence-corrected chi connectivity index (χ2v) is 6.71. The lowest BCUT2D eigenvalue weighted by Crippen LogP contribution is -2.39. The molecule has 0 spiro atoms. The van der Waals surface area contributed by atoms with E-state index in [1.54, 1.807) is 7.05 Å². The van der Waals surface area contributed by atoms with Gasteiger partial charge in [0.1, 0.15) is 0 Å². The first-order valence-corrected chi connectivity index (χ1v) is 8.73. The van der Waals surface area contributed by atoms with E-state index in [0.29, 0.717) is 35.5 Å². The summed E-state index contributed by atoms with van der Waals surface area (Å²) in [5.74, 6) is 0.655. The number of hydrogen-bond acceptors (Lipinski definition) is 3. The molecule has 4 nitrogen and oxygen atoms in total. The van der Waals surface area contributed by atoms with Crippen LogP contribution in [0.15, 0.2) is 34.6 Å². The summed E-state index contributed by atoms with van der Waals surface area (Å²) in [6.45, 7) is 1.08. The fraction of sp³-hybridized carbons (Fsp3) is 0.375. The quantitative estimate of drug-likeness (QED) is 0.618. The van der Waals surface area contributed by atoms with E-state index in [4.69, 9.17) is 11.6 Å². The van der Waals surface area contributed by atoms with Gasteiger partial charge in [0.05, 0.1) is 5.01 Å². The molecule has 1 aromatic carbocycles. The predicted molar refractivity (Wildman–Crippen MR) is 95.1 cm³/mol. The third kappa shape index (κ3) is 5.89. The lowest BCUT2D eigenvalue weighted by molar-refractivity contribution is -0.140. The maximum atomic E-state index is 12.5. The molecule has 0 aliphatic carbocycles. The maximum Gasteiger partial charge on any atom is 0.434 e. The van der Waals surface area contributed by atoms with Crippen LogP contribution in [0, 0.1) is 0 Å². The highest BCUT2D eigenvalue weighted by Crippen LogP contribution is 2.30. The lowest BCUT2D eigenvalue weighted by Gasteiger charge is -2.22. The average molecular weight is 391 g/mol. The molecular formula is C16H18ClF3N4S. The van der Waals surface area contributed by atoms with Gasteiger partial charge >= 0.3 is 6.18 Å². The average Bonchev–Trinajstić information content (AvgIpc) is 3.03. The lowest BCUT2D eigenvalue weighted by atomic mass is 10.2. The van der Waals surface area contributed by atoms with Crippen molar-refractivity contribution < 1.29 is 13.2 Å². The largest absolute Gasteiger partial charge is 0.434 e. The number of hydrogen-bond donors (Lipinski definition) is 1. The summed E-state index contributed by atoms with van der Waals surface area (Å²) in [6.07, 6.45) is -3.99. The Morgan fingerprint density at radius 1 is 1.32 bits per heavy atom. The number of halogens is 4. The third-order valence-electron chi connectivity index (χ3n) is 3.37. The first-order valence-electron chi connectivity index (χ1n) is 7.47. The van der Waals surface area contributed by atoms with Crippen molar-refractivity contribution >= 4 is 28.9 Å². The molecule has 0 fully saturated rings. The zero-order valence-corrected chi connectivity index (χ0v) is 15.3. The summed E-state index contributed by atoms with van der Waals surface area (Å²) in [7, 11) is 3.54. The predicted octanol–water partition coefficient (Wildman–Crippen LogP) is 4.07. The van der Waals surface area contributed by atoms with Crippen molar-refractivity contribution in [3.63, 3.8) is 0 Å². The van der Waals surface area contributed by atoms with Gasteiger partial charge in [0.25, 0.3) is 0 Å². The molecule has 0 unspecified atom stereocenters. The minimum Gasteiger partial charge on any atom is -0.356 e. The fourth-order valence-corrected chi connectivity index (χ4v) is 3.09. The van der Waals surface area contributed by atoms with Crippen LogP contribution in [0.2, 0.25) is 5.02 Å². The van der Waals surface area contributed by atoms with Gasteiger partial charge in [-0.05, 0) is 17.7 Å². The van der Waals surface area contributed by atoms with E-state index in [1.807, 2.05) is 36.2 Å². The van der Waals surface area contributed by atoms with Crippen molar-refractivity contribution in [3.8, 4) is 0 Å². The molecule has 0 saturated carbocycles. The van der Waals surface area contributed by atoms with E-state index < -0.39 is 11.9 Å². The standard InChI is InChI=1S/C16H18ClF3N4S/c1-21-15(24(2)9-11-3-5-12(17)6-4-11)22-8-7-14-23-13(10-25-14)16(18,19)20/h3-6,10H,7-9H2,1-2H3,(H,21,22). The number of thiazole rings is 1. The number of nitrogens with zero attached hydrogens (tertiary/aromatic N) is 3. The number of aromatic nitrogens is 1. The molecule has 0 bridgehead atoms. The Kier molecular flexibility index (Phi) is 6.66. The van der Waals surface area contributed by atoms with Crippen molar-refractivity contribution in [2.24, 2.45) is 4.99 Å².